The Morgan fingerprint density at radius 3 is 2.61 bits per heavy atom. The Bertz CT molecular complexity index is 836. The van der Waals surface area contributed by atoms with E-state index in [9.17, 15) is 13.2 Å². The van der Waals surface area contributed by atoms with Gasteiger partial charge in [-0.1, -0.05) is 12.1 Å². The minimum Gasteiger partial charge on any atom is -0.492 e. The fourth-order valence-corrected chi connectivity index (χ4v) is 3.38. The number of para-hydroxylation sites is 2. The van der Waals surface area contributed by atoms with Gasteiger partial charge in [0.15, 0.2) is 0 Å². The number of ether oxygens (including phenoxy) is 1. The minimum absolute atomic E-state index is 0.133. The zero-order valence-corrected chi connectivity index (χ0v) is 14.5. The van der Waals surface area contributed by atoms with E-state index in [0.717, 1.165) is 6.07 Å². The average molecular weight is 400 g/mol. The fourth-order valence-electron chi connectivity index (χ4n) is 1.87. The van der Waals surface area contributed by atoms with Crippen molar-refractivity contribution in [2.75, 3.05) is 11.3 Å². The molecule has 0 aliphatic rings. The van der Waals surface area contributed by atoms with Gasteiger partial charge >= 0.3 is 5.97 Å². The van der Waals surface area contributed by atoms with Gasteiger partial charge in [-0.05, 0) is 53.2 Å². The van der Waals surface area contributed by atoms with Crippen LogP contribution in [0.1, 0.15) is 17.3 Å². The fraction of sp³-hybridized carbons (Fsp3) is 0.133. The topological polar surface area (TPSA) is 92.7 Å². The van der Waals surface area contributed by atoms with Gasteiger partial charge < -0.3 is 9.84 Å². The molecule has 0 fully saturated rings. The molecule has 0 spiro atoms. The van der Waals surface area contributed by atoms with Crippen LogP contribution in [0.15, 0.2) is 51.8 Å². The van der Waals surface area contributed by atoms with Crippen molar-refractivity contribution < 1.29 is 23.1 Å². The molecule has 23 heavy (non-hydrogen) atoms. The molecule has 0 aliphatic carbocycles. The number of carboxylic acid groups (broad SMARTS) is 1. The smallest absolute Gasteiger partial charge is 0.336 e. The van der Waals surface area contributed by atoms with Gasteiger partial charge in [0.05, 0.1) is 22.8 Å². The molecule has 0 radical (unpaired) electrons. The summed E-state index contributed by atoms with van der Waals surface area (Å²) >= 11 is 3.08. The average Bonchev–Trinajstić information content (AvgIpc) is 2.49. The lowest BCUT2D eigenvalue weighted by Gasteiger charge is -2.13. The molecule has 0 heterocycles. The van der Waals surface area contributed by atoms with Gasteiger partial charge in [-0.2, -0.15) is 0 Å². The summed E-state index contributed by atoms with van der Waals surface area (Å²) in [5, 5.41) is 9.09. The molecule has 2 aromatic carbocycles. The molecule has 0 unspecified atom stereocenters. The molecule has 2 N–H and O–H groups in total. The first-order valence-electron chi connectivity index (χ1n) is 6.62. The number of aromatic carboxylic acids is 1. The number of nitrogens with one attached hydrogen (secondary N) is 1. The summed E-state index contributed by atoms with van der Waals surface area (Å²) in [6.45, 7) is 2.18. The summed E-state index contributed by atoms with van der Waals surface area (Å²) in [5.74, 6) is -0.821. The third-order valence-corrected chi connectivity index (χ3v) is 4.96. The van der Waals surface area contributed by atoms with Crippen molar-refractivity contribution in [3.05, 3.63) is 52.5 Å². The molecule has 122 valence electrons. The highest BCUT2D eigenvalue weighted by Gasteiger charge is 2.19. The van der Waals surface area contributed by atoms with Crippen LogP contribution in [0.2, 0.25) is 0 Å². The second-order valence-corrected chi connectivity index (χ2v) is 7.02. The lowest BCUT2D eigenvalue weighted by molar-refractivity contribution is 0.0695. The first-order valence-corrected chi connectivity index (χ1v) is 8.90. The Balaban J connectivity index is 2.40. The van der Waals surface area contributed by atoms with Gasteiger partial charge in [0, 0.05) is 4.47 Å². The number of hydrogen-bond acceptors (Lipinski definition) is 4. The number of carbonyl (C=O) groups is 1. The predicted molar refractivity (Wildman–Crippen MR) is 89.5 cm³/mol. The van der Waals surface area contributed by atoms with E-state index in [1.54, 1.807) is 31.2 Å². The highest BCUT2D eigenvalue weighted by atomic mass is 79.9. The van der Waals surface area contributed by atoms with E-state index >= 15 is 0 Å². The number of benzene rings is 2. The Morgan fingerprint density at radius 1 is 1.26 bits per heavy atom. The number of halogens is 1. The minimum atomic E-state index is -3.94. The monoisotopic (exact) mass is 399 g/mol. The molecule has 0 saturated carbocycles. The maximum atomic E-state index is 12.5. The first-order chi connectivity index (χ1) is 10.8. The Hall–Kier alpha value is -2.06. The number of sulfonamides is 1. The standard InChI is InChI=1S/C15H14BrNO5S/c1-2-22-14-6-4-3-5-13(14)17-23(20,21)10-7-8-12(16)11(9-10)15(18)19/h3-9,17H,2H2,1H3,(H,18,19). The summed E-state index contributed by atoms with van der Waals surface area (Å²) in [6.07, 6.45) is 0. The van der Waals surface area contributed by atoms with E-state index < -0.39 is 16.0 Å². The molecule has 0 atom stereocenters. The zero-order valence-electron chi connectivity index (χ0n) is 12.1. The largest absolute Gasteiger partial charge is 0.492 e. The molecule has 2 aromatic rings. The maximum absolute atomic E-state index is 12.5. The van der Waals surface area contributed by atoms with Gasteiger partial charge in [0.1, 0.15) is 5.75 Å². The molecule has 6 nitrogen and oxygen atoms in total. The van der Waals surface area contributed by atoms with Crippen molar-refractivity contribution in [3.63, 3.8) is 0 Å². The van der Waals surface area contributed by atoms with Crippen LogP contribution >= 0.6 is 15.9 Å². The lowest BCUT2D eigenvalue weighted by Crippen LogP contribution is -2.14. The quantitative estimate of drug-likeness (QED) is 0.776. The summed E-state index contributed by atoms with van der Waals surface area (Å²) in [4.78, 5) is 11.0. The lowest BCUT2D eigenvalue weighted by atomic mass is 10.2. The molecule has 2 rings (SSSR count). The molecule has 0 saturated heterocycles. The van der Waals surface area contributed by atoms with E-state index in [2.05, 4.69) is 20.7 Å². The third-order valence-electron chi connectivity index (χ3n) is 2.91. The van der Waals surface area contributed by atoms with E-state index in [-0.39, 0.29) is 16.1 Å². The molecule has 0 aliphatic heterocycles. The van der Waals surface area contributed by atoms with Gasteiger partial charge in [0.2, 0.25) is 0 Å². The van der Waals surface area contributed by atoms with Crippen LogP contribution in [0.25, 0.3) is 0 Å². The highest BCUT2D eigenvalue weighted by Crippen LogP contribution is 2.28. The van der Waals surface area contributed by atoms with E-state index in [0.29, 0.717) is 16.8 Å². The van der Waals surface area contributed by atoms with E-state index in [1.807, 2.05) is 0 Å². The number of rotatable bonds is 6. The normalized spacial score (nSPS) is 11.0. The molecule has 0 bridgehead atoms. The highest BCUT2D eigenvalue weighted by molar-refractivity contribution is 9.10. The van der Waals surface area contributed by atoms with Crippen molar-refractivity contribution in [3.8, 4) is 5.75 Å². The van der Waals surface area contributed by atoms with Crippen LogP contribution in [0.3, 0.4) is 0 Å². The zero-order chi connectivity index (χ0) is 17.0. The maximum Gasteiger partial charge on any atom is 0.336 e. The van der Waals surface area contributed by atoms with Gasteiger partial charge in [0.25, 0.3) is 10.0 Å². The van der Waals surface area contributed by atoms with Crippen molar-refractivity contribution in [1.29, 1.82) is 0 Å². The van der Waals surface area contributed by atoms with Crippen molar-refractivity contribution >= 4 is 37.6 Å². The van der Waals surface area contributed by atoms with Crippen LogP contribution < -0.4 is 9.46 Å². The van der Waals surface area contributed by atoms with Crippen LogP contribution in [0.5, 0.6) is 5.75 Å². The van der Waals surface area contributed by atoms with Crippen molar-refractivity contribution in [2.24, 2.45) is 0 Å². The molecule has 0 amide bonds. The van der Waals surface area contributed by atoms with Crippen LogP contribution in [0, 0.1) is 0 Å². The summed E-state index contributed by atoms with van der Waals surface area (Å²) in [5.41, 5.74) is 0.153. The van der Waals surface area contributed by atoms with Gasteiger partial charge in [-0.3, -0.25) is 4.72 Å². The molecule has 0 aromatic heterocycles. The molecular weight excluding hydrogens is 386 g/mol. The van der Waals surface area contributed by atoms with Gasteiger partial charge in [-0.25, -0.2) is 13.2 Å². The predicted octanol–water partition coefficient (Wildman–Crippen LogP) is 3.35. The second-order valence-electron chi connectivity index (χ2n) is 4.48. The van der Waals surface area contributed by atoms with Gasteiger partial charge in [-0.15, -0.1) is 0 Å². The first kappa shape index (κ1) is 17.3. The Labute approximate surface area is 142 Å². The Kier molecular flexibility index (Phi) is 5.27. The van der Waals surface area contributed by atoms with Crippen LogP contribution in [0.4, 0.5) is 5.69 Å². The van der Waals surface area contributed by atoms with Crippen LogP contribution in [-0.4, -0.2) is 26.1 Å². The Morgan fingerprint density at radius 2 is 1.96 bits per heavy atom. The third kappa shape index (κ3) is 4.02. The number of carboxylic acids is 1. The van der Waals surface area contributed by atoms with Crippen LogP contribution in [-0.2, 0) is 10.0 Å². The van der Waals surface area contributed by atoms with E-state index in [1.165, 1.54) is 12.1 Å². The second kappa shape index (κ2) is 7.01. The number of anilines is 1. The summed E-state index contributed by atoms with van der Waals surface area (Å²) in [7, 11) is -3.94. The summed E-state index contributed by atoms with van der Waals surface area (Å²) in [6, 6.07) is 10.4. The molecular formula is C15H14BrNO5S. The number of hydrogen-bond donors (Lipinski definition) is 2. The molecule has 8 heteroatoms. The van der Waals surface area contributed by atoms with Crippen molar-refractivity contribution in [2.45, 2.75) is 11.8 Å². The summed E-state index contributed by atoms with van der Waals surface area (Å²) < 4.78 is 33.0. The van der Waals surface area contributed by atoms with Crippen molar-refractivity contribution in [1.82, 2.24) is 0 Å². The van der Waals surface area contributed by atoms with E-state index in [4.69, 9.17) is 9.84 Å². The SMILES string of the molecule is CCOc1ccccc1NS(=O)(=O)c1ccc(Br)c(C(=O)O)c1.